The number of hydrogen-bond acceptors (Lipinski definition) is 7. The minimum atomic E-state index is -0.405. The maximum absolute atomic E-state index is 12.3. The van der Waals surface area contributed by atoms with Crippen LogP contribution < -0.4 is 0 Å². The Hall–Kier alpha value is -3.81. The van der Waals surface area contributed by atoms with Crippen molar-refractivity contribution in [2.75, 3.05) is 13.2 Å². The van der Waals surface area contributed by atoms with E-state index in [1.165, 1.54) is 4.90 Å². The van der Waals surface area contributed by atoms with Crippen LogP contribution in [0.25, 0.3) is 11.5 Å². The van der Waals surface area contributed by atoms with Gasteiger partial charge in [-0.1, -0.05) is 29.8 Å². The van der Waals surface area contributed by atoms with E-state index in [1.807, 2.05) is 31.2 Å². The molecule has 1 aromatic heterocycles. The number of nitrogens with zero attached hydrogens (tertiary/aromatic N) is 3. The van der Waals surface area contributed by atoms with E-state index in [2.05, 4.69) is 10.2 Å². The lowest BCUT2D eigenvalue weighted by atomic mass is 10.1. The van der Waals surface area contributed by atoms with Crippen molar-refractivity contribution in [2.24, 2.45) is 0 Å². The van der Waals surface area contributed by atoms with Crippen LogP contribution in [-0.2, 0) is 16.0 Å². The summed E-state index contributed by atoms with van der Waals surface area (Å²) in [6.07, 6.45) is 0.744. The number of aryl methyl sites for hydroxylation is 2. The SMILES string of the molecule is Cc1ccc(-c2nnc(CCC(=O)OCCCN3C(=O)c4ccccc4C3=O)o2)cc1. The molecule has 158 valence electrons. The Morgan fingerprint density at radius 2 is 1.68 bits per heavy atom. The molecule has 0 N–H and O–H groups in total. The van der Waals surface area contributed by atoms with Crippen LogP contribution in [0.15, 0.2) is 52.9 Å². The van der Waals surface area contributed by atoms with E-state index in [-0.39, 0.29) is 37.8 Å². The third kappa shape index (κ3) is 4.53. The van der Waals surface area contributed by atoms with E-state index in [1.54, 1.807) is 24.3 Å². The Morgan fingerprint density at radius 1 is 1.00 bits per heavy atom. The fourth-order valence-corrected chi connectivity index (χ4v) is 3.30. The second-order valence-electron chi connectivity index (χ2n) is 7.25. The molecule has 1 aliphatic rings. The molecule has 3 aromatic rings. The van der Waals surface area contributed by atoms with E-state index in [0.29, 0.717) is 29.3 Å². The molecule has 0 spiro atoms. The number of carbonyl (C=O) groups is 3. The monoisotopic (exact) mass is 419 g/mol. The van der Waals surface area contributed by atoms with Gasteiger partial charge in [-0.3, -0.25) is 19.3 Å². The molecule has 0 saturated carbocycles. The minimum absolute atomic E-state index is 0.0997. The maximum Gasteiger partial charge on any atom is 0.306 e. The minimum Gasteiger partial charge on any atom is -0.466 e. The van der Waals surface area contributed by atoms with Gasteiger partial charge < -0.3 is 9.15 Å². The quantitative estimate of drug-likeness (QED) is 0.314. The molecular weight excluding hydrogens is 398 g/mol. The highest BCUT2D eigenvalue weighted by molar-refractivity contribution is 6.21. The van der Waals surface area contributed by atoms with Crippen molar-refractivity contribution in [1.82, 2.24) is 15.1 Å². The van der Waals surface area contributed by atoms with Gasteiger partial charge in [-0.15, -0.1) is 10.2 Å². The van der Waals surface area contributed by atoms with E-state index in [4.69, 9.17) is 9.15 Å². The standard InChI is InChI=1S/C23H21N3O5/c1-15-7-9-16(10-8-15)21-25-24-19(31-21)11-12-20(27)30-14-4-13-26-22(28)17-5-2-3-6-18(17)23(26)29/h2-3,5-10H,4,11-14H2,1H3. The third-order valence-corrected chi connectivity index (χ3v) is 4.98. The van der Waals surface area contributed by atoms with Gasteiger partial charge in [0.25, 0.3) is 11.8 Å². The first-order chi connectivity index (χ1) is 15.0. The number of esters is 1. The predicted molar refractivity (Wildman–Crippen MR) is 110 cm³/mol. The summed E-state index contributed by atoms with van der Waals surface area (Å²) in [5.74, 6) is -0.263. The normalized spacial score (nSPS) is 12.9. The van der Waals surface area contributed by atoms with Gasteiger partial charge in [-0.05, 0) is 37.6 Å². The molecule has 8 nitrogen and oxygen atoms in total. The smallest absolute Gasteiger partial charge is 0.306 e. The van der Waals surface area contributed by atoms with Gasteiger partial charge in [0.15, 0.2) is 0 Å². The number of rotatable bonds is 8. The molecule has 0 atom stereocenters. The van der Waals surface area contributed by atoms with E-state index >= 15 is 0 Å². The summed E-state index contributed by atoms with van der Waals surface area (Å²) in [7, 11) is 0. The summed E-state index contributed by atoms with van der Waals surface area (Å²) in [6, 6.07) is 14.4. The molecule has 0 bridgehead atoms. The van der Waals surface area contributed by atoms with Gasteiger partial charge in [0.05, 0.1) is 24.2 Å². The van der Waals surface area contributed by atoms with E-state index in [9.17, 15) is 14.4 Å². The number of hydrogen-bond donors (Lipinski definition) is 0. The maximum atomic E-state index is 12.3. The van der Waals surface area contributed by atoms with Crippen LogP contribution in [0.4, 0.5) is 0 Å². The van der Waals surface area contributed by atoms with Crippen molar-refractivity contribution in [3.63, 3.8) is 0 Å². The second-order valence-corrected chi connectivity index (χ2v) is 7.25. The number of carbonyl (C=O) groups excluding carboxylic acids is 3. The Bertz CT molecular complexity index is 1090. The lowest BCUT2D eigenvalue weighted by molar-refractivity contribution is -0.143. The summed E-state index contributed by atoms with van der Waals surface area (Å²) in [6.45, 7) is 2.31. The topological polar surface area (TPSA) is 103 Å². The highest BCUT2D eigenvalue weighted by Gasteiger charge is 2.34. The van der Waals surface area contributed by atoms with Gasteiger partial charge >= 0.3 is 5.97 Å². The van der Waals surface area contributed by atoms with Gasteiger partial charge in [-0.25, -0.2) is 0 Å². The van der Waals surface area contributed by atoms with Crippen LogP contribution in [0.2, 0.25) is 0 Å². The second kappa shape index (κ2) is 8.91. The zero-order chi connectivity index (χ0) is 21.8. The highest BCUT2D eigenvalue weighted by atomic mass is 16.5. The molecule has 2 heterocycles. The number of amides is 2. The van der Waals surface area contributed by atoms with Crippen molar-refractivity contribution in [1.29, 1.82) is 0 Å². The molecule has 2 aromatic carbocycles. The van der Waals surface area contributed by atoms with Crippen LogP contribution in [0.1, 0.15) is 45.0 Å². The fourth-order valence-electron chi connectivity index (χ4n) is 3.30. The van der Waals surface area contributed by atoms with Gasteiger partial charge in [-0.2, -0.15) is 0 Å². The Balaban J connectivity index is 1.19. The molecule has 0 radical (unpaired) electrons. The summed E-state index contributed by atoms with van der Waals surface area (Å²) >= 11 is 0. The van der Waals surface area contributed by atoms with Crippen molar-refractivity contribution in [3.8, 4) is 11.5 Å². The Kier molecular flexibility index (Phi) is 5.88. The molecule has 0 fully saturated rings. The number of imide groups is 1. The van der Waals surface area contributed by atoms with Crippen molar-refractivity contribution >= 4 is 17.8 Å². The zero-order valence-electron chi connectivity index (χ0n) is 17.0. The first-order valence-corrected chi connectivity index (χ1v) is 10.0. The molecule has 4 rings (SSSR count). The average molecular weight is 419 g/mol. The summed E-state index contributed by atoms with van der Waals surface area (Å²) in [5, 5.41) is 7.97. The first kappa shape index (κ1) is 20.5. The summed E-state index contributed by atoms with van der Waals surface area (Å²) < 4.78 is 10.8. The van der Waals surface area contributed by atoms with Crippen LogP contribution in [0.5, 0.6) is 0 Å². The molecule has 0 unspecified atom stereocenters. The molecule has 31 heavy (non-hydrogen) atoms. The summed E-state index contributed by atoms with van der Waals surface area (Å²) in [5.41, 5.74) is 2.78. The van der Waals surface area contributed by atoms with Gasteiger partial charge in [0.1, 0.15) is 0 Å². The molecule has 0 aliphatic carbocycles. The van der Waals surface area contributed by atoms with E-state index < -0.39 is 5.97 Å². The Morgan fingerprint density at radius 3 is 2.35 bits per heavy atom. The number of aromatic nitrogens is 2. The lowest BCUT2D eigenvalue weighted by Crippen LogP contribution is -2.31. The fraction of sp³-hybridized carbons (Fsp3) is 0.261. The van der Waals surface area contributed by atoms with Crippen molar-refractivity contribution in [3.05, 3.63) is 71.1 Å². The van der Waals surface area contributed by atoms with E-state index in [0.717, 1.165) is 11.1 Å². The number of benzene rings is 2. The Labute approximate surface area is 178 Å². The molecule has 2 amide bonds. The number of fused-ring (bicyclic) bond motifs is 1. The lowest BCUT2D eigenvalue weighted by Gasteiger charge is -2.13. The van der Waals surface area contributed by atoms with Crippen LogP contribution in [0.3, 0.4) is 0 Å². The molecule has 1 aliphatic heterocycles. The average Bonchev–Trinajstić information content (AvgIpc) is 3.35. The largest absolute Gasteiger partial charge is 0.466 e. The molecular formula is C23H21N3O5. The van der Waals surface area contributed by atoms with Gasteiger partial charge in [0, 0.05) is 18.5 Å². The van der Waals surface area contributed by atoms with Gasteiger partial charge in [0.2, 0.25) is 11.8 Å². The third-order valence-electron chi connectivity index (χ3n) is 4.98. The first-order valence-electron chi connectivity index (χ1n) is 10.0. The highest BCUT2D eigenvalue weighted by Crippen LogP contribution is 2.22. The van der Waals surface area contributed by atoms with Crippen LogP contribution >= 0.6 is 0 Å². The van der Waals surface area contributed by atoms with Crippen LogP contribution in [0, 0.1) is 6.92 Å². The summed E-state index contributed by atoms with van der Waals surface area (Å²) in [4.78, 5) is 37.7. The molecule has 8 heteroatoms. The van der Waals surface area contributed by atoms with Crippen molar-refractivity contribution < 1.29 is 23.5 Å². The molecule has 0 saturated heterocycles. The van der Waals surface area contributed by atoms with Crippen molar-refractivity contribution in [2.45, 2.75) is 26.2 Å². The van der Waals surface area contributed by atoms with Crippen LogP contribution in [-0.4, -0.2) is 46.0 Å². The number of ether oxygens (including phenoxy) is 1. The predicted octanol–water partition coefficient (Wildman–Crippen LogP) is 3.21. The zero-order valence-corrected chi connectivity index (χ0v) is 17.0.